The number of amides is 1. The van der Waals surface area contributed by atoms with E-state index in [-0.39, 0.29) is 5.91 Å². The second-order valence-electron chi connectivity index (χ2n) is 5.69. The van der Waals surface area contributed by atoms with E-state index >= 15 is 0 Å². The third-order valence-electron chi connectivity index (χ3n) is 3.83. The molecule has 0 N–H and O–H groups in total. The summed E-state index contributed by atoms with van der Waals surface area (Å²) in [4.78, 5) is 18.5. The molecule has 0 saturated heterocycles. The molecule has 6 heteroatoms. The van der Waals surface area contributed by atoms with E-state index in [1.807, 2.05) is 30.3 Å². The number of thiazole rings is 1. The second kappa shape index (κ2) is 8.32. The van der Waals surface area contributed by atoms with Crippen LogP contribution in [-0.4, -0.2) is 36.0 Å². The molecule has 0 bridgehead atoms. The maximum Gasteiger partial charge on any atom is 0.222 e. The van der Waals surface area contributed by atoms with Gasteiger partial charge in [0.05, 0.1) is 21.8 Å². The van der Waals surface area contributed by atoms with Crippen LogP contribution in [0.4, 0.5) is 0 Å². The molecule has 1 heterocycles. The van der Waals surface area contributed by atoms with Crippen LogP contribution in [0.5, 0.6) is 5.75 Å². The molecule has 0 aliphatic rings. The Morgan fingerprint density at radius 2 is 1.96 bits per heavy atom. The molecule has 130 valence electrons. The molecule has 0 fully saturated rings. The number of fused-ring (bicyclic) bond motifs is 1. The molecular weight excluding hydrogens is 356 g/mol. The van der Waals surface area contributed by atoms with E-state index < -0.39 is 0 Å². The number of likely N-dealkylation sites (N-methyl/N-ethyl adjacent to an activating group) is 1. The number of rotatable bonds is 7. The SMILES string of the molecule is CN(CCOc1ccc(Cl)cc1)C(=O)CCc1nc2ccccc2s1. The smallest absolute Gasteiger partial charge is 0.222 e. The first-order valence-electron chi connectivity index (χ1n) is 8.08. The number of carbonyl (C=O) groups is 1. The molecule has 4 nitrogen and oxygen atoms in total. The molecule has 2 aromatic carbocycles. The lowest BCUT2D eigenvalue weighted by atomic mass is 10.3. The monoisotopic (exact) mass is 374 g/mol. The van der Waals surface area contributed by atoms with Gasteiger partial charge in [-0.15, -0.1) is 11.3 Å². The highest BCUT2D eigenvalue weighted by atomic mass is 35.5. The molecule has 0 unspecified atom stereocenters. The molecule has 1 aromatic heterocycles. The van der Waals surface area contributed by atoms with Crippen LogP contribution in [0.25, 0.3) is 10.2 Å². The summed E-state index contributed by atoms with van der Waals surface area (Å²) in [6, 6.07) is 15.2. The molecule has 0 radical (unpaired) electrons. The van der Waals surface area contributed by atoms with Crippen molar-refractivity contribution in [1.29, 1.82) is 0 Å². The number of hydrogen-bond donors (Lipinski definition) is 0. The van der Waals surface area contributed by atoms with Crippen LogP contribution >= 0.6 is 22.9 Å². The second-order valence-corrected chi connectivity index (χ2v) is 7.24. The molecule has 0 saturated carbocycles. The van der Waals surface area contributed by atoms with Crippen LogP contribution in [0.2, 0.25) is 5.02 Å². The van der Waals surface area contributed by atoms with Crippen LogP contribution in [-0.2, 0) is 11.2 Å². The quantitative estimate of drug-likeness (QED) is 0.614. The van der Waals surface area contributed by atoms with Crippen molar-refractivity contribution in [2.75, 3.05) is 20.2 Å². The predicted octanol–water partition coefficient (Wildman–Crippen LogP) is 4.42. The minimum Gasteiger partial charge on any atom is -0.492 e. The lowest BCUT2D eigenvalue weighted by Crippen LogP contribution is -2.31. The van der Waals surface area contributed by atoms with Crippen molar-refractivity contribution in [3.8, 4) is 5.75 Å². The van der Waals surface area contributed by atoms with Gasteiger partial charge < -0.3 is 9.64 Å². The maximum absolute atomic E-state index is 12.2. The van der Waals surface area contributed by atoms with E-state index in [9.17, 15) is 4.79 Å². The minimum absolute atomic E-state index is 0.0963. The zero-order valence-electron chi connectivity index (χ0n) is 13.9. The lowest BCUT2D eigenvalue weighted by molar-refractivity contribution is -0.130. The predicted molar refractivity (Wildman–Crippen MR) is 103 cm³/mol. The van der Waals surface area contributed by atoms with Gasteiger partial charge >= 0.3 is 0 Å². The van der Waals surface area contributed by atoms with Gasteiger partial charge in [0.25, 0.3) is 0 Å². The fourth-order valence-corrected chi connectivity index (χ4v) is 3.48. The summed E-state index contributed by atoms with van der Waals surface area (Å²) in [7, 11) is 1.80. The standard InChI is InChI=1S/C19H19ClN2O2S/c1-22(12-13-24-15-8-6-14(20)7-9-15)19(23)11-10-18-21-16-4-2-3-5-17(16)25-18/h2-9H,10-13H2,1H3. The largest absolute Gasteiger partial charge is 0.492 e. The fourth-order valence-electron chi connectivity index (χ4n) is 2.39. The van der Waals surface area contributed by atoms with Gasteiger partial charge in [-0.3, -0.25) is 4.79 Å². The molecule has 0 aliphatic heterocycles. The molecule has 3 rings (SSSR count). The molecule has 3 aromatic rings. The first-order valence-corrected chi connectivity index (χ1v) is 9.28. The minimum atomic E-state index is 0.0963. The average molecular weight is 375 g/mol. The van der Waals surface area contributed by atoms with E-state index in [1.54, 1.807) is 35.4 Å². The number of aromatic nitrogens is 1. The van der Waals surface area contributed by atoms with Gasteiger partial charge in [-0.25, -0.2) is 4.98 Å². The number of hydrogen-bond acceptors (Lipinski definition) is 4. The van der Waals surface area contributed by atoms with Crippen molar-refractivity contribution in [2.45, 2.75) is 12.8 Å². The van der Waals surface area contributed by atoms with Gasteiger partial charge in [0.1, 0.15) is 12.4 Å². The summed E-state index contributed by atoms with van der Waals surface area (Å²) in [5.74, 6) is 0.846. The molecule has 25 heavy (non-hydrogen) atoms. The van der Waals surface area contributed by atoms with Gasteiger partial charge in [-0.2, -0.15) is 0 Å². The summed E-state index contributed by atoms with van der Waals surface area (Å²) in [6.45, 7) is 0.992. The van der Waals surface area contributed by atoms with Crippen molar-refractivity contribution in [3.05, 3.63) is 58.6 Å². The van der Waals surface area contributed by atoms with E-state index in [4.69, 9.17) is 16.3 Å². The van der Waals surface area contributed by atoms with E-state index in [0.29, 0.717) is 31.0 Å². The van der Waals surface area contributed by atoms with E-state index in [1.165, 1.54) is 0 Å². The van der Waals surface area contributed by atoms with Gasteiger partial charge in [-0.1, -0.05) is 23.7 Å². The number of carbonyl (C=O) groups excluding carboxylic acids is 1. The highest BCUT2D eigenvalue weighted by Gasteiger charge is 2.11. The zero-order chi connectivity index (χ0) is 17.6. The van der Waals surface area contributed by atoms with Gasteiger partial charge in [0.15, 0.2) is 0 Å². The van der Waals surface area contributed by atoms with Crippen molar-refractivity contribution >= 4 is 39.1 Å². The Morgan fingerprint density at radius 3 is 2.72 bits per heavy atom. The lowest BCUT2D eigenvalue weighted by Gasteiger charge is -2.17. The molecular formula is C19H19ClN2O2S. The third-order valence-corrected chi connectivity index (χ3v) is 5.17. The third kappa shape index (κ3) is 4.94. The molecule has 0 aliphatic carbocycles. The van der Waals surface area contributed by atoms with Crippen LogP contribution in [0, 0.1) is 0 Å². The van der Waals surface area contributed by atoms with Crippen LogP contribution in [0.1, 0.15) is 11.4 Å². The number of ether oxygens (including phenoxy) is 1. The Kier molecular flexibility index (Phi) is 5.89. The summed E-state index contributed by atoms with van der Waals surface area (Å²) in [6.07, 6.45) is 1.12. The maximum atomic E-state index is 12.2. The van der Waals surface area contributed by atoms with Gasteiger partial charge in [0, 0.05) is 24.9 Å². The Bertz CT molecular complexity index is 815. The van der Waals surface area contributed by atoms with Crippen LogP contribution in [0.3, 0.4) is 0 Å². The Balaban J connectivity index is 1.43. The average Bonchev–Trinajstić information content (AvgIpc) is 3.04. The summed E-state index contributed by atoms with van der Waals surface area (Å²) >= 11 is 7.49. The molecule has 0 atom stereocenters. The number of benzene rings is 2. The number of para-hydroxylation sites is 1. The number of halogens is 1. The summed E-state index contributed by atoms with van der Waals surface area (Å²) in [5.41, 5.74) is 1.000. The molecule has 0 spiro atoms. The van der Waals surface area contributed by atoms with Crippen LogP contribution in [0.15, 0.2) is 48.5 Å². The van der Waals surface area contributed by atoms with Gasteiger partial charge in [-0.05, 0) is 36.4 Å². The van der Waals surface area contributed by atoms with Crippen molar-refractivity contribution in [3.63, 3.8) is 0 Å². The van der Waals surface area contributed by atoms with Crippen molar-refractivity contribution in [2.24, 2.45) is 0 Å². The molecule has 1 amide bonds. The first-order chi connectivity index (χ1) is 12.1. The van der Waals surface area contributed by atoms with Crippen LogP contribution < -0.4 is 4.74 Å². The Labute approximate surface area is 156 Å². The number of nitrogens with zero attached hydrogens (tertiary/aromatic N) is 2. The van der Waals surface area contributed by atoms with Crippen molar-refractivity contribution < 1.29 is 9.53 Å². The highest BCUT2D eigenvalue weighted by Crippen LogP contribution is 2.22. The Morgan fingerprint density at radius 1 is 1.20 bits per heavy atom. The Hall–Kier alpha value is -2.11. The summed E-state index contributed by atoms with van der Waals surface area (Å²) < 4.78 is 6.78. The highest BCUT2D eigenvalue weighted by molar-refractivity contribution is 7.18. The summed E-state index contributed by atoms with van der Waals surface area (Å²) in [5, 5.41) is 1.68. The number of aryl methyl sites for hydroxylation is 1. The normalized spacial score (nSPS) is 10.8. The van der Waals surface area contributed by atoms with E-state index in [0.717, 1.165) is 21.0 Å². The van der Waals surface area contributed by atoms with Crippen molar-refractivity contribution in [1.82, 2.24) is 9.88 Å². The first kappa shape index (κ1) is 17.7. The van der Waals surface area contributed by atoms with E-state index in [2.05, 4.69) is 11.1 Å². The zero-order valence-corrected chi connectivity index (χ0v) is 15.5. The topological polar surface area (TPSA) is 42.4 Å². The fraction of sp³-hybridized carbons (Fsp3) is 0.263. The van der Waals surface area contributed by atoms with Gasteiger partial charge in [0.2, 0.25) is 5.91 Å².